The SMILES string of the molecule is Cc1ccc(OCCC(=O)Oc2ccc(C(=O)c3ccc(F)cc3)cc2)cc1. The van der Waals surface area contributed by atoms with Crippen LogP contribution in [0.2, 0.25) is 0 Å². The number of ether oxygens (including phenoxy) is 2. The van der Waals surface area contributed by atoms with Crippen molar-refractivity contribution in [2.75, 3.05) is 6.61 Å². The minimum absolute atomic E-state index is 0.101. The van der Waals surface area contributed by atoms with Crippen molar-refractivity contribution in [3.8, 4) is 11.5 Å². The van der Waals surface area contributed by atoms with Gasteiger partial charge < -0.3 is 9.47 Å². The second kappa shape index (κ2) is 8.95. The molecule has 4 nitrogen and oxygen atoms in total. The van der Waals surface area contributed by atoms with Crippen LogP contribution in [0.3, 0.4) is 0 Å². The van der Waals surface area contributed by atoms with Gasteiger partial charge in [0.2, 0.25) is 0 Å². The summed E-state index contributed by atoms with van der Waals surface area (Å²) in [4.78, 5) is 24.3. The third-order valence-corrected chi connectivity index (χ3v) is 4.05. The van der Waals surface area contributed by atoms with E-state index < -0.39 is 11.8 Å². The van der Waals surface area contributed by atoms with Crippen LogP contribution < -0.4 is 9.47 Å². The fourth-order valence-electron chi connectivity index (χ4n) is 2.51. The predicted molar refractivity (Wildman–Crippen MR) is 103 cm³/mol. The molecule has 5 heteroatoms. The Morgan fingerprint density at radius 3 is 1.93 bits per heavy atom. The highest BCUT2D eigenvalue weighted by Gasteiger charge is 2.11. The molecule has 0 amide bonds. The van der Waals surface area contributed by atoms with E-state index in [0.717, 1.165) is 5.56 Å². The van der Waals surface area contributed by atoms with E-state index in [2.05, 4.69) is 0 Å². The average Bonchev–Trinajstić information content (AvgIpc) is 2.70. The summed E-state index contributed by atoms with van der Waals surface area (Å²) in [5.74, 6) is -0.0164. The van der Waals surface area contributed by atoms with E-state index in [4.69, 9.17) is 9.47 Å². The Hall–Kier alpha value is -3.47. The molecule has 0 radical (unpaired) electrons. The number of hydrogen-bond acceptors (Lipinski definition) is 4. The molecule has 0 fully saturated rings. The summed E-state index contributed by atoms with van der Waals surface area (Å²) >= 11 is 0. The molecule has 28 heavy (non-hydrogen) atoms. The van der Waals surface area contributed by atoms with Gasteiger partial charge in [-0.25, -0.2) is 4.39 Å². The average molecular weight is 378 g/mol. The van der Waals surface area contributed by atoms with Gasteiger partial charge in [0.15, 0.2) is 5.78 Å². The highest BCUT2D eigenvalue weighted by atomic mass is 19.1. The van der Waals surface area contributed by atoms with E-state index >= 15 is 0 Å². The maximum Gasteiger partial charge on any atom is 0.314 e. The molecule has 0 bridgehead atoms. The predicted octanol–water partition coefficient (Wildman–Crippen LogP) is 4.74. The molecule has 0 aliphatic rings. The largest absolute Gasteiger partial charge is 0.493 e. The lowest BCUT2D eigenvalue weighted by Gasteiger charge is -2.07. The molecule has 0 spiro atoms. The van der Waals surface area contributed by atoms with Crippen LogP contribution >= 0.6 is 0 Å². The number of esters is 1. The zero-order valence-corrected chi connectivity index (χ0v) is 15.4. The molecule has 0 aliphatic heterocycles. The van der Waals surface area contributed by atoms with Crippen LogP contribution in [-0.2, 0) is 4.79 Å². The van der Waals surface area contributed by atoms with Crippen molar-refractivity contribution in [1.29, 1.82) is 0 Å². The standard InChI is InChI=1S/C23H19FO4/c1-16-2-10-20(11-3-16)27-15-14-22(25)28-21-12-6-18(7-13-21)23(26)17-4-8-19(24)9-5-17/h2-13H,14-15H2,1H3. The first-order valence-electron chi connectivity index (χ1n) is 8.82. The molecule has 142 valence electrons. The van der Waals surface area contributed by atoms with E-state index in [9.17, 15) is 14.0 Å². The zero-order chi connectivity index (χ0) is 19.9. The van der Waals surface area contributed by atoms with Crippen molar-refractivity contribution in [3.63, 3.8) is 0 Å². The fraction of sp³-hybridized carbons (Fsp3) is 0.130. The third-order valence-electron chi connectivity index (χ3n) is 4.05. The maximum atomic E-state index is 13.0. The summed E-state index contributed by atoms with van der Waals surface area (Å²) in [5, 5.41) is 0. The summed E-state index contributed by atoms with van der Waals surface area (Å²) in [7, 11) is 0. The normalized spacial score (nSPS) is 10.4. The summed E-state index contributed by atoms with van der Waals surface area (Å²) < 4.78 is 23.7. The lowest BCUT2D eigenvalue weighted by molar-refractivity contribution is -0.134. The molecule has 0 atom stereocenters. The molecular formula is C23H19FO4. The minimum Gasteiger partial charge on any atom is -0.493 e. The molecule has 0 saturated carbocycles. The van der Waals surface area contributed by atoms with Gasteiger partial charge >= 0.3 is 5.97 Å². The van der Waals surface area contributed by atoms with Crippen molar-refractivity contribution in [2.45, 2.75) is 13.3 Å². The van der Waals surface area contributed by atoms with Crippen molar-refractivity contribution >= 4 is 11.8 Å². The quantitative estimate of drug-likeness (QED) is 0.339. The van der Waals surface area contributed by atoms with Crippen LogP contribution in [0.1, 0.15) is 27.9 Å². The molecule has 0 heterocycles. The number of ketones is 1. The number of rotatable bonds is 7. The zero-order valence-electron chi connectivity index (χ0n) is 15.4. The minimum atomic E-state index is -0.426. The first-order chi connectivity index (χ1) is 13.5. The summed E-state index contributed by atoms with van der Waals surface area (Å²) in [6, 6.07) is 19.1. The van der Waals surface area contributed by atoms with Crippen molar-refractivity contribution < 1.29 is 23.5 Å². The maximum absolute atomic E-state index is 13.0. The number of aryl methyl sites for hydroxylation is 1. The second-order valence-corrected chi connectivity index (χ2v) is 6.25. The number of benzene rings is 3. The highest BCUT2D eigenvalue weighted by molar-refractivity contribution is 6.09. The van der Waals surface area contributed by atoms with Crippen LogP contribution in [0.15, 0.2) is 72.8 Å². The van der Waals surface area contributed by atoms with Gasteiger partial charge in [-0.15, -0.1) is 0 Å². The van der Waals surface area contributed by atoms with E-state index in [-0.39, 0.29) is 18.8 Å². The lowest BCUT2D eigenvalue weighted by atomic mass is 10.0. The van der Waals surface area contributed by atoms with Crippen LogP contribution in [0, 0.1) is 12.7 Å². The van der Waals surface area contributed by atoms with Crippen molar-refractivity contribution in [3.05, 3.63) is 95.3 Å². The third kappa shape index (κ3) is 5.27. The first kappa shape index (κ1) is 19.3. The Morgan fingerprint density at radius 2 is 1.32 bits per heavy atom. The van der Waals surface area contributed by atoms with E-state index in [1.165, 1.54) is 24.3 Å². The van der Waals surface area contributed by atoms with Gasteiger partial charge in [0.1, 0.15) is 17.3 Å². The van der Waals surface area contributed by atoms with E-state index in [1.807, 2.05) is 31.2 Å². The Kier molecular flexibility index (Phi) is 6.17. The Labute approximate surface area is 162 Å². The van der Waals surface area contributed by atoms with Gasteiger partial charge in [0.25, 0.3) is 0 Å². The van der Waals surface area contributed by atoms with Crippen molar-refractivity contribution in [1.82, 2.24) is 0 Å². The molecule has 0 aliphatic carbocycles. The summed E-state index contributed by atoms with van der Waals surface area (Å²) in [6.07, 6.45) is 0.101. The van der Waals surface area contributed by atoms with Gasteiger partial charge in [0, 0.05) is 11.1 Å². The molecule has 0 aromatic heterocycles. The summed E-state index contributed by atoms with van der Waals surface area (Å²) in [5.41, 5.74) is 1.95. The number of hydrogen-bond donors (Lipinski definition) is 0. The van der Waals surface area contributed by atoms with Crippen LogP contribution in [0.25, 0.3) is 0 Å². The molecule has 0 N–H and O–H groups in total. The molecule has 3 aromatic rings. The Bertz CT molecular complexity index is 945. The topological polar surface area (TPSA) is 52.6 Å². The molecule has 3 rings (SSSR count). The first-order valence-corrected chi connectivity index (χ1v) is 8.82. The van der Waals surface area contributed by atoms with Gasteiger partial charge in [-0.1, -0.05) is 17.7 Å². The van der Waals surface area contributed by atoms with Gasteiger partial charge in [0.05, 0.1) is 13.0 Å². The molecule has 0 saturated heterocycles. The van der Waals surface area contributed by atoms with Gasteiger partial charge in [-0.2, -0.15) is 0 Å². The Morgan fingerprint density at radius 1 is 0.786 bits per heavy atom. The lowest BCUT2D eigenvalue weighted by Crippen LogP contribution is -2.12. The van der Waals surface area contributed by atoms with Crippen molar-refractivity contribution in [2.24, 2.45) is 0 Å². The number of carbonyl (C=O) groups excluding carboxylic acids is 2. The second-order valence-electron chi connectivity index (χ2n) is 6.25. The van der Waals surface area contributed by atoms with Crippen LogP contribution in [-0.4, -0.2) is 18.4 Å². The van der Waals surface area contributed by atoms with E-state index in [1.54, 1.807) is 24.3 Å². The fourth-order valence-corrected chi connectivity index (χ4v) is 2.51. The monoisotopic (exact) mass is 378 g/mol. The molecular weight excluding hydrogens is 359 g/mol. The number of halogens is 1. The highest BCUT2D eigenvalue weighted by Crippen LogP contribution is 2.17. The summed E-state index contributed by atoms with van der Waals surface area (Å²) in [6.45, 7) is 2.20. The van der Waals surface area contributed by atoms with E-state index in [0.29, 0.717) is 22.6 Å². The van der Waals surface area contributed by atoms with Crippen LogP contribution in [0.5, 0.6) is 11.5 Å². The van der Waals surface area contributed by atoms with Gasteiger partial charge in [-0.3, -0.25) is 9.59 Å². The van der Waals surface area contributed by atoms with Crippen LogP contribution in [0.4, 0.5) is 4.39 Å². The molecule has 0 unspecified atom stereocenters. The number of carbonyl (C=O) groups is 2. The molecule has 3 aromatic carbocycles. The van der Waals surface area contributed by atoms with Gasteiger partial charge in [-0.05, 0) is 67.6 Å². The smallest absolute Gasteiger partial charge is 0.314 e. The Balaban J connectivity index is 1.50.